The molecule has 0 saturated carbocycles. The molecule has 0 aliphatic carbocycles. The summed E-state index contributed by atoms with van der Waals surface area (Å²) in [5, 5.41) is 4.08. The average Bonchev–Trinajstić information content (AvgIpc) is 2.97. The van der Waals surface area contributed by atoms with E-state index >= 15 is 0 Å². The zero-order chi connectivity index (χ0) is 13.9. The summed E-state index contributed by atoms with van der Waals surface area (Å²) in [7, 11) is 0. The van der Waals surface area contributed by atoms with Gasteiger partial charge in [0.05, 0.1) is 0 Å². The summed E-state index contributed by atoms with van der Waals surface area (Å²) in [6.07, 6.45) is 5.11. The van der Waals surface area contributed by atoms with Gasteiger partial charge in [0.15, 0.2) is 0 Å². The summed E-state index contributed by atoms with van der Waals surface area (Å²) < 4.78 is 13.8. The van der Waals surface area contributed by atoms with Gasteiger partial charge in [-0.1, -0.05) is 17.7 Å². The molecule has 2 aliphatic heterocycles. The minimum Gasteiger partial charge on any atom is -0.314 e. The molecule has 1 aromatic rings. The van der Waals surface area contributed by atoms with Crippen molar-refractivity contribution in [3.63, 3.8) is 0 Å². The van der Waals surface area contributed by atoms with Gasteiger partial charge in [-0.25, -0.2) is 4.39 Å². The van der Waals surface area contributed by atoms with Crippen LogP contribution in [0.25, 0.3) is 0 Å². The molecule has 110 valence electrons. The molecule has 4 heteroatoms. The molecule has 2 saturated heterocycles. The fourth-order valence-corrected chi connectivity index (χ4v) is 3.68. The van der Waals surface area contributed by atoms with E-state index in [-0.39, 0.29) is 5.82 Å². The number of nitrogens with zero attached hydrogens (tertiary/aromatic N) is 1. The van der Waals surface area contributed by atoms with Gasteiger partial charge in [0.25, 0.3) is 0 Å². The zero-order valence-electron chi connectivity index (χ0n) is 11.7. The molecule has 0 aromatic heterocycles. The molecule has 2 fully saturated rings. The molecule has 3 rings (SSSR count). The molecule has 0 bridgehead atoms. The summed E-state index contributed by atoms with van der Waals surface area (Å²) in [5.41, 5.74) is 0.756. The van der Waals surface area contributed by atoms with E-state index in [2.05, 4.69) is 10.2 Å². The average molecular weight is 297 g/mol. The van der Waals surface area contributed by atoms with Gasteiger partial charge in [0.2, 0.25) is 0 Å². The highest BCUT2D eigenvalue weighted by Crippen LogP contribution is 2.27. The van der Waals surface area contributed by atoms with Crippen LogP contribution < -0.4 is 5.32 Å². The molecule has 2 heterocycles. The molecular formula is C16H22ClFN2. The van der Waals surface area contributed by atoms with Crippen LogP contribution in [-0.4, -0.2) is 30.6 Å². The van der Waals surface area contributed by atoms with E-state index in [9.17, 15) is 4.39 Å². The standard InChI is InChI=1S/C16H22ClFN2/c17-14-4-3-13(15(18)10-14)11-20-8-5-12(6-9-20)16-2-1-7-19-16/h3-4,10,12,16,19H,1-2,5-9,11H2. The van der Waals surface area contributed by atoms with Crippen LogP contribution in [0, 0.1) is 11.7 Å². The number of hydrogen-bond acceptors (Lipinski definition) is 2. The normalized spacial score (nSPS) is 25.2. The summed E-state index contributed by atoms with van der Waals surface area (Å²) >= 11 is 5.79. The van der Waals surface area contributed by atoms with Gasteiger partial charge in [-0.15, -0.1) is 0 Å². The van der Waals surface area contributed by atoms with E-state index in [4.69, 9.17) is 11.6 Å². The Hall–Kier alpha value is -0.640. The van der Waals surface area contributed by atoms with Crippen molar-refractivity contribution in [1.82, 2.24) is 10.2 Å². The third-order valence-electron chi connectivity index (χ3n) is 4.71. The lowest BCUT2D eigenvalue weighted by atomic mass is 9.88. The van der Waals surface area contributed by atoms with Crippen LogP contribution in [0.4, 0.5) is 4.39 Å². The van der Waals surface area contributed by atoms with Crippen molar-refractivity contribution in [2.75, 3.05) is 19.6 Å². The number of nitrogens with one attached hydrogen (secondary N) is 1. The zero-order valence-corrected chi connectivity index (χ0v) is 12.5. The van der Waals surface area contributed by atoms with Crippen molar-refractivity contribution in [1.29, 1.82) is 0 Å². The Labute approximate surface area is 125 Å². The van der Waals surface area contributed by atoms with Crippen LogP contribution in [0.1, 0.15) is 31.2 Å². The molecule has 1 atom stereocenters. The number of benzene rings is 1. The third-order valence-corrected chi connectivity index (χ3v) is 4.94. The highest BCUT2D eigenvalue weighted by molar-refractivity contribution is 6.30. The molecule has 20 heavy (non-hydrogen) atoms. The highest BCUT2D eigenvalue weighted by Gasteiger charge is 2.28. The lowest BCUT2D eigenvalue weighted by Gasteiger charge is -2.35. The van der Waals surface area contributed by atoms with Crippen LogP contribution in [0.3, 0.4) is 0 Å². The van der Waals surface area contributed by atoms with Gasteiger partial charge in [-0.3, -0.25) is 4.90 Å². The van der Waals surface area contributed by atoms with E-state index in [1.165, 1.54) is 38.3 Å². The summed E-state index contributed by atoms with van der Waals surface area (Å²) in [6.45, 7) is 4.03. The number of halogens is 2. The van der Waals surface area contributed by atoms with Gasteiger partial charge in [0.1, 0.15) is 5.82 Å². The SMILES string of the molecule is Fc1cc(Cl)ccc1CN1CCC(C2CCCN2)CC1. The van der Waals surface area contributed by atoms with Gasteiger partial charge in [-0.05, 0) is 63.4 Å². The number of rotatable bonds is 3. The molecule has 1 unspecified atom stereocenters. The second-order valence-corrected chi connectivity index (χ2v) is 6.49. The first-order valence-electron chi connectivity index (χ1n) is 7.62. The molecule has 0 spiro atoms. The maximum atomic E-state index is 13.8. The largest absolute Gasteiger partial charge is 0.314 e. The minimum atomic E-state index is -0.183. The third kappa shape index (κ3) is 3.33. The van der Waals surface area contributed by atoms with Crippen molar-refractivity contribution < 1.29 is 4.39 Å². The molecule has 1 N–H and O–H groups in total. The first kappa shape index (κ1) is 14.3. The second-order valence-electron chi connectivity index (χ2n) is 6.05. The lowest BCUT2D eigenvalue weighted by Crippen LogP contribution is -2.40. The van der Waals surface area contributed by atoms with E-state index in [0.29, 0.717) is 11.6 Å². The smallest absolute Gasteiger partial charge is 0.129 e. The van der Waals surface area contributed by atoms with E-state index < -0.39 is 0 Å². The molecule has 2 aliphatic rings. The fraction of sp³-hybridized carbons (Fsp3) is 0.625. The molecule has 1 aromatic carbocycles. The van der Waals surface area contributed by atoms with E-state index in [1.54, 1.807) is 6.07 Å². The van der Waals surface area contributed by atoms with Gasteiger partial charge in [-0.2, -0.15) is 0 Å². The predicted molar refractivity (Wildman–Crippen MR) is 80.4 cm³/mol. The summed E-state index contributed by atoms with van der Waals surface area (Å²) in [6, 6.07) is 5.72. The molecule has 2 nitrogen and oxygen atoms in total. The van der Waals surface area contributed by atoms with Crippen LogP contribution in [0.15, 0.2) is 18.2 Å². The van der Waals surface area contributed by atoms with E-state index in [1.807, 2.05) is 6.07 Å². The van der Waals surface area contributed by atoms with Crippen molar-refractivity contribution in [3.8, 4) is 0 Å². The van der Waals surface area contributed by atoms with Crippen LogP contribution in [0.5, 0.6) is 0 Å². The Morgan fingerprint density at radius 3 is 2.70 bits per heavy atom. The number of piperidine rings is 1. The summed E-state index contributed by atoms with van der Waals surface area (Å²) in [4.78, 5) is 2.36. The van der Waals surface area contributed by atoms with Crippen molar-refractivity contribution in [3.05, 3.63) is 34.6 Å². The Bertz CT molecular complexity index is 452. The number of hydrogen-bond donors (Lipinski definition) is 1. The Morgan fingerprint density at radius 1 is 1.25 bits per heavy atom. The lowest BCUT2D eigenvalue weighted by molar-refractivity contribution is 0.156. The van der Waals surface area contributed by atoms with Crippen molar-refractivity contribution >= 4 is 11.6 Å². The Morgan fingerprint density at radius 2 is 2.05 bits per heavy atom. The second kappa shape index (κ2) is 6.42. The van der Waals surface area contributed by atoms with Crippen LogP contribution >= 0.6 is 11.6 Å². The maximum Gasteiger partial charge on any atom is 0.129 e. The molecular weight excluding hydrogens is 275 g/mol. The Kier molecular flexibility index (Phi) is 4.59. The van der Waals surface area contributed by atoms with Crippen molar-refractivity contribution in [2.45, 2.75) is 38.3 Å². The quantitative estimate of drug-likeness (QED) is 0.919. The van der Waals surface area contributed by atoms with Crippen LogP contribution in [-0.2, 0) is 6.54 Å². The number of likely N-dealkylation sites (tertiary alicyclic amines) is 1. The van der Waals surface area contributed by atoms with Gasteiger partial charge in [0, 0.05) is 23.2 Å². The van der Waals surface area contributed by atoms with Crippen molar-refractivity contribution in [2.24, 2.45) is 5.92 Å². The first-order chi connectivity index (χ1) is 9.72. The monoisotopic (exact) mass is 296 g/mol. The molecule has 0 amide bonds. The molecule has 0 radical (unpaired) electrons. The maximum absolute atomic E-state index is 13.8. The highest BCUT2D eigenvalue weighted by atomic mass is 35.5. The fourth-order valence-electron chi connectivity index (χ4n) is 3.52. The van der Waals surface area contributed by atoms with E-state index in [0.717, 1.165) is 30.6 Å². The van der Waals surface area contributed by atoms with Gasteiger partial charge < -0.3 is 5.32 Å². The first-order valence-corrected chi connectivity index (χ1v) is 8.00. The Balaban J connectivity index is 1.53. The predicted octanol–water partition coefficient (Wildman–Crippen LogP) is 3.44. The van der Waals surface area contributed by atoms with Crippen LogP contribution in [0.2, 0.25) is 5.02 Å². The summed E-state index contributed by atoms with van der Waals surface area (Å²) in [5.74, 6) is 0.626. The minimum absolute atomic E-state index is 0.183. The van der Waals surface area contributed by atoms with Gasteiger partial charge >= 0.3 is 0 Å². The topological polar surface area (TPSA) is 15.3 Å².